The minimum atomic E-state index is -0.781. The molecule has 2 aromatic rings. The second kappa shape index (κ2) is 10.1. The lowest BCUT2D eigenvalue weighted by Gasteiger charge is -2.12. The molecule has 1 atom stereocenters. The van der Waals surface area contributed by atoms with Crippen LogP contribution in [0.4, 0.5) is 0 Å². The zero-order chi connectivity index (χ0) is 19.8. The van der Waals surface area contributed by atoms with Gasteiger partial charge in [0.05, 0.1) is 5.71 Å². The molecule has 2 aromatic carbocycles. The molecule has 0 fully saturated rings. The minimum Gasteiger partial charge on any atom is -0.479 e. The summed E-state index contributed by atoms with van der Waals surface area (Å²) in [6.07, 6.45) is 1.04. The number of ether oxygens (including phenoxy) is 2. The molecular formula is C21H22INO4. The van der Waals surface area contributed by atoms with Crippen LogP contribution in [0.25, 0.3) is 0 Å². The number of rotatable bonds is 7. The molecule has 0 aliphatic heterocycles. The number of carbonyl (C=O) groups excluding carboxylic acids is 1. The van der Waals surface area contributed by atoms with E-state index in [0.717, 1.165) is 14.9 Å². The predicted molar refractivity (Wildman–Crippen MR) is 114 cm³/mol. The second-order valence-corrected chi connectivity index (χ2v) is 7.40. The van der Waals surface area contributed by atoms with Gasteiger partial charge in [0, 0.05) is 3.57 Å². The van der Waals surface area contributed by atoms with Crippen molar-refractivity contribution in [3.63, 3.8) is 0 Å². The molecule has 0 aromatic heterocycles. The summed E-state index contributed by atoms with van der Waals surface area (Å²) in [6, 6.07) is 14.8. The smallest absolute Gasteiger partial charge is 0.374 e. The number of oxime groups is 1. The zero-order valence-electron chi connectivity index (χ0n) is 15.7. The van der Waals surface area contributed by atoms with Crippen LogP contribution in [0, 0.1) is 3.57 Å². The maximum atomic E-state index is 12.0. The molecular weight excluding hydrogens is 457 g/mol. The van der Waals surface area contributed by atoms with Crippen LogP contribution in [0.3, 0.4) is 0 Å². The molecule has 0 spiro atoms. The summed E-state index contributed by atoms with van der Waals surface area (Å²) >= 11 is 2.24. The van der Waals surface area contributed by atoms with Crippen LogP contribution in [0.1, 0.15) is 27.7 Å². The number of hydrogen-bond acceptors (Lipinski definition) is 5. The monoisotopic (exact) mass is 479 g/mol. The van der Waals surface area contributed by atoms with E-state index >= 15 is 0 Å². The molecule has 2 rings (SSSR count). The Morgan fingerprint density at radius 2 is 1.48 bits per heavy atom. The molecule has 0 amide bonds. The van der Waals surface area contributed by atoms with Gasteiger partial charge in [0.1, 0.15) is 17.2 Å². The van der Waals surface area contributed by atoms with Gasteiger partial charge in [-0.15, -0.1) is 0 Å². The van der Waals surface area contributed by atoms with Crippen molar-refractivity contribution in [2.75, 3.05) is 0 Å². The average Bonchev–Trinajstić information content (AvgIpc) is 2.62. The molecule has 0 heterocycles. The molecule has 142 valence electrons. The summed E-state index contributed by atoms with van der Waals surface area (Å²) in [5.41, 5.74) is 1.69. The number of halogens is 1. The largest absolute Gasteiger partial charge is 0.479 e. The molecule has 1 unspecified atom stereocenters. The van der Waals surface area contributed by atoms with Crippen LogP contribution in [-0.4, -0.2) is 17.8 Å². The molecule has 0 aliphatic rings. The first-order chi connectivity index (χ1) is 12.8. The first-order valence-corrected chi connectivity index (χ1v) is 9.52. The van der Waals surface area contributed by atoms with E-state index < -0.39 is 12.1 Å². The Bertz CT molecular complexity index is 822. The van der Waals surface area contributed by atoms with E-state index in [0.29, 0.717) is 17.2 Å². The predicted octanol–water partition coefficient (Wildman–Crippen LogP) is 5.74. The van der Waals surface area contributed by atoms with Gasteiger partial charge in [0.2, 0.25) is 0 Å². The quantitative estimate of drug-likeness (QED) is 0.220. The van der Waals surface area contributed by atoms with Crippen molar-refractivity contribution in [3.05, 3.63) is 63.8 Å². The van der Waals surface area contributed by atoms with Gasteiger partial charge in [-0.05, 0) is 105 Å². The number of carbonyl (C=O) groups is 1. The van der Waals surface area contributed by atoms with Crippen molar-refractivity contribution in [1.82, 2.24) is 0 Å². The number of nitrogens with zero attached hydrogens (tertiary/aromatic N) is 1. The van der Waals surface area contributed by atoms with Crippen molar-refractivity contribution < 1.29 is 19.1 Å². The molecule has 0 bridgehead atoms. The Balaban J connectivity index is 1.90. The molecule has 0 saturated heterocycles. The van der Waals surface area contributed by atoms with Gasteiger partial charge in [0.25, 0.3) is 0 Å². The van der Waals surface area contributed by atoms with E-state index in [1.54, 1.807) is 38.1 Å². The summed E-state index contributed by atoms with van der Waals surface area (Å²) in [5.74, 6) is 1.42. The van der Waals surface area contributed by atoms with Gasteiger partial charge in [-0.1, -0.05) is 10.7 Å². The number of hydrogen-bond donors (Lipinski definition) is 0. The molecule has 27 heavy (non-hydrogen) atoms. The van der Waals surface area contributed by atoms with Crippen LogP contribution < -0.4 is 9.47 Å². The molecule has 5 nitrogen and oxygen atoms in total. The highest BCUT2D eigenvalue weighted by molar-refractivity contribution is 14.1. The first kappa shape index (κ1) is 21.0. The summed E-state index contributed by atoms with van der Waals surface area (Å²) in [5, 5.41) is 3.78. The second-order valence-electron chi connectivity index (χ2n) is 6.15. The molecule has 0 N–H and O–H groups in total. The van der Waals surface area contributed by atoms with E-state index in [1.165, 1.54) is 0 Å². The van der Waals surface area contributed by atoms with E-state index in [1.807, 2.05) is 44.2 Å². The van der Waals surface area contributed by atoms with Gasteiger partial charge in [0.15, 0.2) is 6.10 Å². The third kappa shape index (κ3) is 7.42. The topological polar surface area (TPSA) is 57.1 Å². The standard InChI is InChI=1S/C21H22INO4/c1-14(2)13-15(3)23-27-21(24)16(4)25-18-9-11-20(12-10-18)26-19-7-5-17(22)6-8-19/h5-13,16H,1-4H3/b23-15+. The maximum Gasteiger partial charge on any atom is 0.374 e. The lowest BCUT2D eigenvalue weighted by Crippen LogP contribution is -2.24. The van der Waals surface area contributed by atoms with E-state index in [9.17, 15) is 4.79 Å². The summed E-state index contributed by atoms with van der Waals surface area (Å²) in [7, 11) is 0. The SMILES string of the molecule is CC(C)=C/C(C)=N/OC(=O)C(C)Oc1ccc(Oc2ccc(I)cc2)cc1. The lowest BCUT2D eigenvalue weighted by atomic mass is 10.3. The van der Waals surface area contributed by atoms with Crippen LogP contribution in [-0.2, 0) is 9.63 Å². The van der Waals surface area contributed by atoms with Crippen LogP contribution in [0.15, 0.2) is 65.3 Å². The van der Waals surface area contributed by atoms with Crippen molar-refractivity contribution in [2.45, 2.75) is 33.8 Å². The Hall–Kier alpha value is -2.35. The maximum absolute atomic E-state index is 12.0. The lowest BCUT2D eigenvalue weighted by molar-refractivity contribution is -0.151. The van der Waals surface area contributed by atoms with Crippen molar-refractivity contribution in [2.24, 2.45) is 5.16 Å². The molecule has 0 saturated carbocycles. The highest BCUT2D eigenvalue weighted by Crippen LogP contribution is 2.25. The van der Waals surface area contributed by atoms with E-state index in [4.69, 9.17) is 14.3 Å². The highest BCUT2D eigenvalue weighted by atomic mass is 127. The van der Waals surface area contributed by atoms with Crippen LogP contribution in [0.2, 0.25) is 0 Å². The van der Waals surface area contributed by atoms with Gasteiger partial charge in [-0.25, -0.2) is 4.79 Å². The minimum absolute atomic E-state index is 0.541. The fourth-order valence-corrected chi connectivity index (χ4v) is 2.47. The first-order valence-electron chi connectivity index (χ1n) is 8.44. The third-order valence-electron chi connectivity index (χ3n) is 3.30. The van der Waals surface area contributed by atoms with Gasteiger partial charge >= 0.3 is 5.97 Å². The molecule has 6 heteroatoms. The van der Waals surface area contributed by atoms with Gasteiger partial charge in [-0.2, -0.15) is 0 Å². The normalized spacial score (nSPS) is 12.1. The van der Waals surface area contributed by atoms with Crippen molar-refractivity contribution in [3.8, 4) is 17.2 Å². The Morgan fingerprint density at radius 3 is 2.04 bits per heavy atom. The Kier molecular flexibility index (Phi) is 7.84. The summed E-state index contributed by atoms with van der Waals surface area (Å²) in [4.78, 5) is 16.9. The number of benzene rings is 2. The van der Waals surface area contributed by atoms with Crippen molar-refractivity contribution in [1.29, 1.82) is 0 Å². The number of allylic oxidation sites excluding steroid dienone is 2. The Morgan fingerprint density at radius 1 is 0.963 bits per heavy atom. The van der Waals surface area contributed by atoms with Crippen LogP contribution >= 0.6 is 22.6 Å². The van der Waals surface area contributed by atoms with Crippen molar-refractivity contribution >= 4 is 34.3 Å². The van der Waals surface area contributed by atoms with E-state index in [-0.39, 0.29) is 0 Å². The highest BCUT2D eigenvalue weighted by Gasteiger charge is 2.17. The van der Waals surface area contributed by atoms with Gasteiger partial charge < -0.3 is 14.3 Å². The fraction of sp³-hybridized carbons (Fsp3) is 0.238. The van der Waals surface area contributed by atoms with Gasteiger partial charge in [-0.3, -0.25) is 0 Å². The summed E-state index contributed by atoms with van der Waals surface area (Å²) in [6.45, 7) is 7.26. The molecule has 0 aliphatic carbocycles. The van der Waals surface area contributed by atoms with Crippen LogP contribution in [0.5, 0.6) is 17.2 Å². The van der Waals surface area contributed by atoms with E-state index in [2.05, 4.69) is 27.7 Å². The molecule has 0 radical (unpaired) electrons. The fourth-order valence-electron chi connectivity index (χ4n) is 2.11. The summed E-state index contributed by atoms with van der Waals surface area (Å²) < 4.78 is 12.5. The zero-order valence-corrected chi connectivity index (χ0v) is 17.9. The third-order valence-corrected chi connectivity index (χ3v) is 4.01. The Labute approximate surface area is 173 Å². The average molecular weight is 479 g/mol.